The smallest absolute Gasteiger partial charge is 0.259 e. The van der Waals surface area contributed by atoms with E-state index in [0.29, 0.717) is 22.1 Å². The number of nitrogens with one attached hydrogen (secondary N) is 1. The summed E-state index contributed by atoms with van der Waals surface area (Å²) in [5.41, 5.74) is 6.79. The largest absolute Gasteiger partial charge is 0.507 e. The number of hydrogen-bond acceptors (Lipinski definition) is 4. The SMILES string of the molecule is COc1ccc(NC(=O)c2ccc(Cl)cc2O)cc1N. The van der Waals surface area contributed by atoms with E-state index in [4.69, 9.17) is 22.1 Å². The van der Waals surface area contributed by atoms with E-state index in [9.17, 15) is 9.90 Å². The van der Waals surface area contributed by atoms with Gasteiger partial charge in [-0.3, -0.25) is 4.79 Å². The number of nitrogens with two attached hydrogens (primary N) is 1. The molecule has 0 aliphatic rings. The van der Waals surface area contributed by atoms with Gasteiger partial charge in [-0.1, -0.05) is 11.6 Å². The van der Waals surface area contributed by atoms with Gasteiger partial charge in [0.05, 0.1) is 18.4 Å². The molecule has 0 unspecified atom stereocenters. The third-order valence-corrected chi connectivity index (χ3v) is 2.93. The van der Waals surface area contributed by atoms with Gasteiger partial charge in [-0.25, -0.2) is 0 Å². The number of methoxy groups -OCH3 is 1. The molecule has 2 aromatic carbocycles. The van der Waals surface area contributed by atoms with Crippen molar-refractivity contribution in [2.75, 3.05) is 18.2 Å². The van der Waals surface area contributed by atoms with Crippen LogP contribution in [0.4, 0.5) is 11.4 Å². The van der Waals surface area contributed by atoms with E-state index in [1.165, 1.54) is 25.3 Å². The van der Waals surface area contributed by atoms with Crippen molar-refractivity contribution >= 4 is 28.9 Å². The standard InChI is InChI=1S/C14H13ClN2O3/c1-20-13-5-3-9(7-11(13)16)17-14(19)10-4-2-8(15)6-12(10)18/h2-7,18H,16H2,1H3,(H,17,19). The zero-order chi connectivity index (χ0) is 14.7. The number of aromatic hydroxyl groups is 1. The first-order valence-corrected chi connectivity index (χ1v) is 6.12. The zero-order valence-electron chi connectivity index (χ0n) is 10.7. The number of carbonyl (C=O) groups excluding carboxylic acids is 1. The molecule has 0 heterocycles. The van der Waals surface area contributed by atoms with Crippen molar-refractivity contribution in [2.45, 2.75) is 0 Å². The Hall–Kier alpha value is -2.40. The Balaban J connectivity index is 2.21. The Bertz CT molecular complexity index is 659. The lowest BCUT2D eigenvalue weighted by Crippen LogP contribution is -2.12. The van der Waals surface area contributed by atoms with Gasteiger partial charge in [0.1, 0.15) is 11.5 Å². The number of nitrogen functional groups attached to an aromatic ring is 1. The van der Waals surface area contributed by atoms with Gasteiger partial charge in [0.25, 0.3) is 5.91 Å². The van der Waals surface area contributed by atoms with Crippen molar-refractivity contribution in [3.8, 4) is 11.5 Å². The van der Waals surface area contributed by atoms with Crippen LogP contribution in [0.3, 0.4) is 0 Å². The molecule has 0 aliphatic heterocycles. The average molecular weight is 293 g/mol. The van der Waals surface area contributed by atoms with Gasteiger partial charge in [-0.15, -0.1) is 0 Å². The Morgan fingerprint density at radius 3 is 2.65 bits per heavy atom. The second-order valence-corrected chi connectivity index (χ2v) is 4.51. The van der Waals surface area contributed by atoms with E-state index < -0.39 is 5.91 Å². The predicted octanol–water partition coefficient (Wildman–Crippen LogP) is 2.89. The van der Waals surface area contributed by atoms with E-state index in [2.05, 4.69) is 5.32 Å². The molecule has 0 bridgehead atoms. The molecule has 2 rings (SSSR count). The summed E-state index contributed by atoms with van der Waals surface area (Å²) in [5, 5.41) is 12.7. The van der Waals surface area contributed by atoms with E-state index >= 15 is 0 Å². The maximum Gasteiger partial charge on any atom is 0.259 e. The summed E-state index contributed by atoms with van der Waals surface area (Å²) in [6.45, 7) is 0. The topological polar surface area (TPSA) is 84.6 Å². The minimum atomic E-state index is -0.455. The number of halogens is 1. The molecule has 0 saturated heterocycles. The zero-order valence-corrected chi connectivity index (χ0v) is 11.4. The number of rotatable bonds is 3. The lowest BCUT2D eigenvalue weighted by atomic mass is 10.2. The molecule has 4 N–H and O–H groups in total. The van der Waals surface area contributed by atoms with Crippen molar-refractivity contribution in [2.24, 2.45) is 0 Å². The normalized spacial score (nSPS) is 10.1. The Morgan fingerprint density at radius 2 is 2.05 bits per heavy atom. The van der Waals surface area contributed by atoms with Crippen molar-refractivity contribution in [1.29, 1.82) is 0 Å². The van der Waals surface area contributed by atoms with Crippen LogP contribution in [0.5, 0.6) is 11.5 Å². The predicted molar refractivity (Wildman–Crippen MR) is 78.5 cm³/mol. The maximum atomic E-state index is 12.0. The summed E-state index contributed by atoms with van der Waals surface area (Å²) >= 11 is 5.71. The van der Waals surface area contributed by atoms with E-state index in [1.807, 2.05) is 0 Å². The minimum Gasteiger partial charge on any atom is -0.507 e. The van der Waals surface area contributed by atoms with Crippen LogP contribution in [0.25, 0.3) is 0 Å². The first kappa shape index (κ1) is 14.0. The average Bonchev–Trinajstić information content (AvgIpc) is 2.38. The summed E-state index contributed by atoms with van der Waals surface area (Å²) in [5.74, 6) is -0.113. The van der Waals surface area contributed by atoms with Gasteiger partial charge >= 0.3 is 0 Å². The Labute approximate surface area is 120 Å². The molecule has 5 nitrogen and oxygen atoms in total. The van der Waals surface area contributed by atoms with Gasteiger partial charge in [0.15, 0.2) is 0 Å². The van der Waals surface area contributed by atoms with Gasteiger partial charge in [0, 0.05) is 10.7 Å². The van der Waals surface area contributed by atoms with Gasteiger partial charge in [0.2, 0.25) is 0 Å². The van der Waals surface area contributed by atoms with Crippen molar-refractivity contribution in [3.05, 3.63) is 47.0 Å². The first-order chi connectivity index (χ1) is 9.51. The second kappa shape index (κ2) is 5.71. The number of benzene rings is 2. The summed E-state index contributed by atoms with van der Waals surface area (Å²) in [4.78, 5) is 12.0. The lowest BCUT2D eigenvalue weighted by Gasteiger charge is -2.09. The molecule has 6 heteroatoms. The summed E-state index contributed by atoms with van der Waals surface area (Å²) in [7, 11) is 1.51. The highest BCUT2D eigenvalue weighted by atomic mass is 35.5. The third-order valence-electron chi connectivity index (χ3n) is 2.69. The molecule has 0 fully saturated rings. The molecule has 0 aliphatic carbocycles. The number of carbonyl (C=O) groups is 1. The highest BCUT2D eigenvalue weighted by molar-refractivity contribution is 6.31. The van der Waals surface area contributed by atoms with Gasteiger partial charge < -0.3 is 20.9 Å². The van der Waals surface area contributed by atoms with Crippen LogP contribution in [0.2, 0.25) is 5.02 Å². The van der Waals surface area contributed by atoms with Crippen molar-refractivity contribution < 1.29 is 14.6 Å². The fraction of sp³-hybridized carbons (Fsp3) is 0.0714. The minimum absolute atomic E-state index is 0.129. The number of anilines is 2. The Morgan fingerprint density at radius 1 is 1.30 bits per heavy atom. The number of phenolic OH excluding ortho intramolecular Hbond substituents is 1. The fourth-order valence-electron chi connectivity index (χ4n) is 1.71. The fourth-order valence-corrected chi connectivity index (χ4v) is 1.87. The van der Waals surface area contributed by atoms with Gasteiger partial charge in [-0.2, -0.15) is 0 Å². The van der Waals surface area contributed by atoms with E-state index in [1.54, 1.807) is 18.2 Å². The number of phenols is 1. The maximum absolute atomic E-state index is 12.0. The van der Waals surface area contributed by atoms with Crippen LogP contribution in [0.15, 0.2) is 36.4 Å². The molecular formula is C14H13ClN2O3. The summed E-state index contributed by atoms with van der Waals surface area (Å²) in [6, 6.07) is 9.15. The summed E-state index contributed by atoms with van der Waals surface area (Å²) < 4.78 is 5.03. The molecular weight excluding hydrogens is 280 g/mol. The monoisotopic (exact) mass is 292 g/mol. The van der Waals surface area contributed by atoms with Crippen LogP contribution in [0, 0.1) is 0 Å². The molecule has 2 aromatic rings. The van der Waals surface area contributed by atoms with Crippen LogP contribution in [0.1, 0.15) is 10.4 Å². The number of amides is 1. The second-order valence-electron chi connectivity index (χ2n) is 4.07. The first-order valence-electron chi connectivity index (χ1n) is 5.74. The number of hydrogen-bond donors (Lipinski definition) is 3. The van der Waals surface area contributed by atoms with Crippen molar-refractivity contribution in [1.82, 2.24) is 0 Å². The molecule has 0 spiro atoms. The van der Waals surface area contributed by atoms with E-state index in [0.717, 1.165) is 0 Å². The molecule has 0 radical (unpaired) electrons. The lowest BCUT2D eigenvalue weighted by molar-refractivity contribution is 0.102. The summed E-state index contributed by atoms with van der Waals surface area (Å²) in [6.07, 6.45) is 0. The molecule has 0 atom stereocenters. The van der Waals surface area contributed by atoms with Crippen LogP contribution < -0.4 is 15.8 Å². The molecule has 104 valence electrons. The van der Waals surface area contributed by atoms with Crippen LogP contribution in [-0.4, -0.2) is 18.1 Å². The third kappa shape index (κ3) is 2.95. The van der Waals surface area contributed by atoms with Crippen molar-refractivity contribution in [3.63, 3.8) is 0 Å². The molecule has 1 amide bonds. The van der Waals surface area contributed by atoms with Crippen LogP contribution >= 0.6 is 11.6 Å². The highest BCUT2D eigenvalue weighted by Crippen LogP contribution is 2.26. The molecule has 20 heavy (non-hydrogen) atoms. The molecule has 0 aromatic heterocycles. The Kier molecular flexibility index (Phi) is 4.00. The van der Waals surface area contributed by atoms with E-state index in [-0.39, 0.29) is 11.3 Å². The number of ether oxygens (including phenoxy) is 1. The van der Waals surface area contributed by atoms with Gasteiger partial charge in [-0.05, 0) is 36.4 Å². The molecule has 0 saturated carbocycles. The quantitative estimate of drug-likeness (QED) is 0.759. The van der Waals surface area contributed by atoms with Crippen LogP contribution in [-0.2, 0) is 0 Å². The highest BCUT2D eigenvalue weighted by Gasteiger charge is 2.12.